The van der Waals surface area contributed by atoms with Crippen LogP contribution in [0.3, 0.4) is 0 Å². The first-order valence-electron chi connectivity index (χ1n) is 8.84. The summed E-state index contributed by atoms with van der Waals surface area (Å²) in [5, 5.41) is 2.22. The van der Waals surface area contributed by atoms with Crippen LogP contribution in [0.15, 0.2) is 46.4 Å². The molecule has 0 aromatic heterocycles. The molecular formula is C21H19BrN2O5. The molecule has 0 bridgehead atoms. The molecule has 2 aromatic carbocycles. The van der Waals surface area contributed by atoms with Crippen molar-refractivity contribution < 1.29 is 23.9 Å². The fraction of sp³-hybridized carbons (Fsp3) is 0.190. The number of anilines is 1. The number of nitrogens with one attached hydrogen (secondary N) is 1. The van der Waals surface area contributed by atoms with Gasteiger partial charge in [-0.2, -0.15) is 0 Å². The molecule has 1 fully saturated rings. The lowest BCUT2D eigenvalue weighted by Gasteiger charge is -2.27. The number of hydrogen-bond donors (Lipinski definition) is 1. The van der Waals surface area contributed by atoms with Crippen LogP contribution in [0.25, 0.3) is 6.08 Å². The Morgan fingerprint density at radius 1 is 1.17 bits per heavy atom. The predicted molar refractivity (Wildman–Crippen MR) is 112 cm³/mol. The van der Waals surface area contributed by atoms with Crippen molar-refractivity contribution in [1.29, 1.82) is 0 Å². The largest absolute Gasteiger partial charge is 0.493 e. The van der Waals surface area contributed by atoms with Gasteiger partial charge in [0, 0.05) is 0 Å². The van der Waals surface area contributed by atoms with Gasteiger partial charge in [-0.15, -0.1) is 0 Å². The number of benzene rings is 2. The summed E-state index contributed by atoms with van der Waals surface area (Å²) in [5.74, 6) is -0.484. The number of barbiturate groups is 1. The topological polar surface area (TPSA) is 84.9 Å². The molecule has 0 spiro atoms. The van der Waals surface area contributed by atoms with Gasteiger partial charge in [-0.3, -0.25) is 14.9 Å². The van der Waals surface area contributed by atoms with Crippen molar-refractivity contribution in [3.63, 3.8) is 0 Å². The average Bonchev–Trinajstić information content (AvgIpc) is 2.68. The van der Waals surface area contributed by atoms with E-state index in [1.807, 2.05) is 6.92 Å². The van der Waals surface area contributed by atoms with Crippen LogP contribution in [-0.2, 0) is 9.59 Å². The van der Waals surface area contributed by atoms with E-state index in [4.69, 9.17) is 9.47 Å². The molecule has 0 atom stereocenters. The lowest BCUT2D eigenvalue weighted by Crippen LogP contribution is -2.54. The Kier molecular flexibility index (Phi) is 6.03. The monoisotopic (exact) mass is 458 g/mol. The number of rotatable bonds is 5. The zero-order chi connectivity index (χ0) is 21.1. The molecule has 1 saturated heterocycles. The summed E-state index contributed by atoms with van der Waals surface area (Å²) < 4.78 is 11.5. The van der Waals surface area contributed by atoms with Gasteiger partial charge in [0.2, 0.25) is 0 Å². The third-order valence-electron chi connectivity index (χ3n) is 4.31. The number of aryl methyl sites for hydroxylation is 1. The molecule has 1 heterocycles. The van der Waals surface area contributed by atoms with Crippen LogP contribution in [0.2, 0.25) is 0 Å². The van der Waals surface area contributed by atoms with Crippen LogP contribution in [0.4, 0.5) is 10.5 Å². The van der Waals surface area contributed by atoms with Crippen molar-refractivity contribution in [1.82, 2.24) is 5.32 Å². The quantitative estimate of drug-likeness (QED) is 0.543. The molecule has 0 aliphatic carbocycles. The van der Waals surface area contributed by atoms with E-state index < -0.39 is 17.8 Å². The maximum absolute atomic E-state index is 13.0. The van der Waals surface area contributed by atoms with E-state index in [-0.39, 0.29) is 5.57 Å². The molecule has 0 unspecified atom stereocenters. The van der Waals surface area contributed by atoms with Gasteiger partial charge in [0.05, 0.1) is 23.9 Å². The number of carbonyl (C=O) groups is 3. The Balaban J connectivity index is 2.05. The highest BCUT2D eigenvalue weighted by Gasteiger charge is 2.37. The van der Waals surface area contributed by atoms with Crippen LogP contribution in [0.5, 0.6) is 11.5 Å². The number of amides is 4. The van der Waals surface area contributed by atoms with Gasteiger partial charge in [0.1, 0.15) is 5.57 Å². The first-order chi connectivity index (χ1) is 13.9. The van der Waals surface area contributed by atoms with Crippen molar-refractivity contribution in [3.8, 4) is 11.5 Å². The molecule has 2 aromatic rings. The number of methoxy groups -OCH3 is 1. The standard InChI is InChI=1S/C21H19BrN2O5/c1-4-29-18-15(22)10-13(11-17(18)28-3)9-14-19(25)23-21(27)24(20(14)26)16-8-6-5-7-12(16)2/h5-11H,4H2,1-3H3,(H,23,25,27)/b14-9+. The minimum absolute atomic E-state index is 0.161. The lowest BCUT2D eigenvalue weighted by atomic mass is 10.1. The number of halogens is 1. The van der Waals surface area contributed by atoms with Crippen LogP contribution in [-0.4, -0.2) is 31.6 Å². The molecule has 150 valence electrons. The van der Waals surface area contributed by atoms with Crippen molar-refractivity contribution in [2.24, 2.45) is 0 Å². The second kappa shape index (κ2) is 8.48. The third-order valence-corrected chi connectivity index (χ3v) is 4.90. The SMILES string of the molecule is CCOc1c(Br)cc(/C=C2\C(=O)NC(=O)N(c3ccccc3C)C2=O)cc1OC. The average molecular weight is 459 g/mol. The third kappa shape index (κ3) is 4.02. The number of ether oxygens (including phenoxy) is 2. The summed E-state index contributed by atoms with van der Waals surface area (Å²) in [6.07, 6.45) is 1.42. The predicted octanol–water partition coefficient (Wildman–Crippen LogP) is 3.83. The summed E-state index contributed by atoms with van der Waals surface area (Å²) in [6, 6.07) is 9.53. The second-order valence-corrected chi connectivity index (χ2v) is 7.07. The van der Waals surface area contributed by atoms with Gasteiger partial charge in [0.25, 0.3) is 11.8 Å². The summed E-state index contributed by atoms with van der Waals surface area (Å²) in [5.41, 5.74) is 1.52. The van der Waals surface area contributed by atoms with Gasteiger partial charge in [0.15, 0.2) is 11.5 Å². The molecular weight excluding hydrogens is 440 g/mol. The van der Waals surface area contributed by atoms with E-state index in [1.54, 1.807) is 43.3 Å². The van der Waals surface area contributed by atoms with Gasteiger partial charge in [-0.25, -0.2) is 9.69 Å². The van der Waals surface area contributed by atoms with Crippen LogP contribution >= 0.6 is 15.9 Å². The van der Waals surface area contributed by atoms with E-state index in [1.165, 1.54) is 13.2 Å². The highest BCUT2D eigenvalue weighted by Crippen LogP contribution is 2.37. The molecule has 1 aliphatic heterocycles. The van der Waals surface area contributed by atoms with Gasteiger partial charge < -0.3 is 9.47 Å². The molecule has 29 heavy (non-hydrogen) atoms. The fourth-order valence-corrected chi connectivity index (χ4v) is 3.54. The molecule has 3 rings (SSSR count). The summed E-state index contributed by atoms with van der Waals surface area (Å²) >= 11 is 3.42. The van der Waals surface area contributed by atoms with E-state index >= 15 is 0 Å². The minimum Gasteiger partial charge on any atom is -0.493 e. The number of para-hydroxylation sites is 1. The van der Waals surface area contributed by atoms with Gasteiger partial charge in [-0.05, 0) is 65.2 Å². The fourth-order valence-electron chi connectivity index (χ4n) is 2.96. The van der Waals surface area contributed by atoms with E-state index in [2.05, 4.69) is 21.2 Å². The van der Waals surface area contributed by atoms with Crippen LogP contribution in [0, 0.1) is 6.92 Å². The smallest absolute Gasteiger partial charge is 0.335 e. The molecule has 4 amide bonds. The molecule has 7 nitrogen and oxygen atoms in total. The maximum atomic E-state index is 13.0. The minimum atomic E-state index is -0.781. The highest BCUT2D eigenvalue weighted by atomic mass is 79.9. The molecule has 0 saturated carbocycles. The molecule has 0 radical (unpaired) electrons. The Labute approximate surface area is 176 Å². The Bertz CT molecular complexity index is 1030. The number of urea groups is 1. The van der Waals surface area contributed by atoms with Crippen molar-refractivity contribution in [2.45, 2.75) is 13.8 Å². The first kappa shape index (κ1) is 20.6. The van der Waals surface area contributed by atoms with Crippen molar-refractivity contribution in [3.05, 3.63) is 57.6 Å². The zero-order valence-electron chi connectivity index (χ0n) is 16.1. The number of imide groups is 2. The summed E-state index contributed by atoms with van der Waals surface area (Å²) in [6.45, 7) is 4.08. The normalized spacial score (nSPS) is 15.5. The highest BCUT2D eigenvalue weighted by molar-refractivity contribution is 9.10. The number of nitrogens with zero attached hydrogens (tertiary/aromatic N) is 1. The lowest BCUT2D eigenvalue weighted by molar-refractivity contribution is -0.122. The Morgan fingerprint density at radius 2 is 1.90 bits per heavy atom. The van der Waals surface area contributed by atoms with E-state index in [9.17, 15) is 14.4 Å². The van der Waals surface area contributed by atoms with Crippen LogP contribution < -0.4 is 19.7 Å². The van der Waals surface area contributed by atoms with Crippen LogP contribution in [0.1, 0.15) is 18.1 Å². The Morgan fingerprint density at radius 3 is 2.55 bits per heavy atom. The van der Waals surface area contributed by atoms with Crippen molar-refractivity contribution >= 4 is 45.5 Å². The van der Waals surface area contributed by atoms with Gasteiger partial charge in [-0.1, -0.05) is 18.2 Å². The zero-order valence-corrected chi connectivity index (χ0v) is 17.7. The summed E-state index contributed by atoms with van der Waals surface area (Å²) in [4.78, 5) is 38.7. The molecule has 8 heteroatoms. The number of carbonyl (C=O) groups excluding carboxylic acids is 3. The van der Waals surface area contributed by atoms with Gasteiger partial charge >= 0.3 is 6.03 Å². The van der Waals surface area contributed by atoms with Crippen molar-refractivity contribution in [2.75, 3.05) is 18.6 Å². The second-order valence-electron chi connectivity index (χ2n) is 6.21. The Hall–Kier alpha value is -3.13. The first-order valence-corrected chi connectivity index (χ1v) is 9.64. The van der Waals surface area contributed by atoms with E-state index in [0.29, 0.717) is 33.8 Å². The molecule has 1 N–H and O–H groups in total. The summed E-state index contributed by atoms with van der Waals surface area (Å²) in [7, 11) is 1.50. The molecule has 1 aliphatic rings. The maximum Gasteiger partial charge on any atom is 0.335 e. The number of hydrogen-bond acceptors (Lipinski definition) is 5. The van der Waals surface area contributed by atoms with E-state index in [0.717, 1.165) is 10.5 Å².